The Bertz CT molecular complexity index is 502. The van der Waals surface area contributed by atoms with Gasteiger partial charge in [-0.25, -0.2) is 8.78 Å². The van der Waals surface area contributed by atoms with E-state index in [1.165, 1.54) is 19.3 Å². The Morgan fingerprint density at radius 1 is 1.33 bits per heavy atom. The summed E-state index contributed by atoms with van der Waals surface area (Å²) in [7, 11) is 0. The monoisotopic (exact) mass is 293 g/mol. The molecule has 1 aromatic carbocycles. The lowest BCUT2D eigenvalue weighted by Crippen LogP contribution is -2.38. The fraction of sp³-hybridized carbons (Fsp3) is 0.562. The minimum Gasteiger partial charge on any atom is -0.380 e. The molecule has 1 atom stereocenters. The summed E-state index contributed by atoms with van der Waals surface area (Å²) in [6.07, 6.45) is 4.59. The van der Waals surface area contributed by atoms with Gasteiger partial charge < -0.3 is 10.2 Å². The molecule has 0 amide bonds. The molecular weight excluding hydrogens is 272 g/mol. The molecule has 0 saturated carbocycles. The van der Waals surface area contributed by atoms with Gasteiger partial charge in [0.25, 0.3) is 0 Å². The predicted molar refractivity (Wildman–Crippen MR) is 79.1 cm³/mol. The summed E-state index contributed by atoms with van der Waals surface area (Å²) in [5.74, 6) is -1.42. The first-order chi connectivity index (χ1) is 10.1. The molecule has 2 rings (SSSR count). The van der Waals surface area contributed by atoms with Gasteiger partial charge in [0.05, 0.1) is 11.6 Å². The zero-order valence-corrected chi connectivity index (χ0v) is 12.3. The van der Waals surface area contributed by atoms with E-state index in [4.69, 9.17) is 5.26 Å². The van der Waals surface area contributed by atoms with Gasteiger partial charge in [-0.3, -0.25) is 0 Å². The minimum atomic E-state index is -0.710. The molecule has 1 aliphatic heterocycles. The van der Waals surface area contributed by atoms with Gasteiger partial charge in [0.15, 0.2) is 11.6 Å². The van der Waals surface area contributed by atoms with Crippen LogP contribution in [0.2, 0.25) is 0 Å². The fourth-order valence-corrected chi connectivity index (χ4v) is 2.79. The highest BCUT2D eigenvalue weighted by Gasteiger charge is 2.17. The number of nitrogens with zero attached hydrogens (tertiary/aromatic N) is 2. The van der Waals surface area contributed by atoms with Crippen molar-refractivity contribution in [3.63, 3.8) is 0 Å². The lowest BCUT2D eigenvalue weighted by atomic mass is 10.0. The zero-order valence-electron chi connectivity index (χ0n) is 12.3. The van der Waals surface area contributed by atoms with Crippen molar-refractivity contribution in [2.75, 3.05) is 25.0 Å². The summed E-state index contributed by atoms with van der Waals surface area (Å²) >= 11 is 0. The van der Waals surface area contributed by atoms with E-state index < -0.39 is 11.6 Å². The third-order valence-electron chi connectivity index (χ3n) is 4.04. The molecule has 21 heavy (non-hydrogen) atoms. The Balaban J connectivity index is 1.82. The van der Waals surface area contributed by atoms with Crippen molar-refractivity contribution in [3.05, 3.63) is 29.3 Å². The van der Waals surface area contributed by atoms with Crippen LogP contribution < -0.4 is 5.32 Å². The number of hydrogen-bond acceptors (Lipinski definition) is 3. The van der Waals surface area contributed by atoms with Crippen molar-refractivity contribution in [1.29, 1.82) is 5.26 Å². The summed E-state index contributed by atoms with van der Waals surface area (Å²) < 4.78 is 27.4. The number of benzene rings is 1. The number of nitrogens with one attached hydrogen (secondary N) is 1. The number of halogens is 2. The second kappa shape index (κ2) is 7.37. The van der Waals surface area contributed by atoms with Crippen LogP contribution in [0, 0.1) is 23.0 Å². The van der Waals surface area contributed by atoms with E-state index in [2.05, 4.69) is 17.1 Å². The molecule has 1 aliphatic rings. The van der Waals surface area contributed by atoms with Crippen molar-refractivity contribution in [1.82, 2.24) is 4.90 Å². The molecule has 5 heteroatoms. The number of anilines is 1. The Morgan fingerprint density at radius 2 is 2.05 bits per heavy atom. The lowest BCUT2D eigenvalue weighted by molar-refractivity contribution is 0.160. The highest BCUT2D eigenvalue weighted by Crippen LogP contribution is 2.21. The van der Waals surface area contributed by atoms with E-state index in [0.717, 1.165) is 31.6 Å². The molecule has 1 aromatic rings. The van der Waals surface area contributed by atoms with Crippen molar-refractivity contribution >= 4 is 5.69 Å². The Labute approximate surface area is 124 Å². The van der Waals surface area contributed by atoms with Gasteiger partial charge in [0.1, 0.15) is 5.69 Å². The normalized spacial score (nSPS) is 19.2. The van der Waals surface area contributed by atoms with Gasteiger partial charge in [-0.05, 0) is 44.9 Å². The summed E-state index contributed by atoms with van der Waals surface area (Å²) in [4.78, 5) is 2.43. The van der Waals surface area contributed by atoms with Crippen LogP contribution in [-0.4, -0.2) is 30.6 Å². The van der Waals surface area contributed by atoms with Gasteiger partial charge in [0, 0.05) is 19.1 Å². The highest BCUT2D eigenvalue weighted by atomic mass is 19.1. The second-order valence-corrected chi connectivity index (χ2v) is 5.59. The van der Waals surface area contributed by atoms with Crippen molar-refractivity contribution < 1.29 is 8.78 Å². The third-order valence-corrected chi connectivity index (χ3v) is 4.04. The zero-order chi connectivity index (χ0) is 15.2. The molecular formula is C16H21F2N3. The summed E-state index contributed by atoms with van der Waals surface area (Å²) in [5, 5.41) is 11.5. The highest BCUT2D eigenvalue weighted by molar-refractivity contribution is 5.50. The van der Waals surface area contributed by atoms with Crippen LogP contribution >= 0.6 is 0 Å². The molecule has 1 N–H and O–H groups in total. The molecule has 1 unspecified atom stereocenters. The molecule has 0 bridgehead atoms. The molecule has 0 radical (unpaired) electrons. The maximum Gasteiger partial charge on any atom is 0.150 e. The van der Waals surface area contributed by atoms with E-state index in [1.807, 2.05) is 0 Å². The van der Waals surface area contributed by atoms with Gasteiger partial charge in [-0.15, -0.1) is 0 Å². The average Bonchev–Trinajstić information content (AvgIpc) is 2.47. The van der Waals surface area contributed by atoms with Crippen LogP contribution in [0.4, 0.5) is 14.5 Å². The molecule has 0 aliphatic carbocycles. The first kappa shape index (κ1) is 15.7. The Kier molecular flexibility index (Phi) is 5.51. The maximum atomic E-state index is 13.7. The largest absolute Gasteiger partial charge is 0.380 e. The number of piperidine rings is 1. The Morgan fingerprint density at radius 3 is 2.67 bits per heavy atom. The van der Waals surface area contributed by atoms with Crippen molar-refractivity contribution in [2.45, 2.75) is 38.6 Å². The van der Waals surface area contributed by atoms with E-state index in [9.17, 15) is 8.78 Å². The minimum absolute atomic E-state index is 0.00214. The molecule has 3 nitrogen and oxygen atoms in total. The number of rotatable bonds is 5. The average molecular weight is 293 g/mol. The van der Waals surface area contributed by atoms with E-state index >= 15 is 0 Å². The van der Waals surface area contributed by atoms with Crippen LogP contribution in [0.5, 0.6) is 0 Å². The molecule has 1 heterocycles. The van der Waals surface area contributed by atoms with Crippen LogP contribution in [0.15, 0.2) is 12.1 Å². The van der Waals surface area contributed by atoms with E-state index in [1.54, 1.807) is 6.07 Å². The predicted octanol–water partition coefficient (Wildman–Crippen LogP) is 3.51. The van der Waals surface area contributed by atoms with E-state index in [0.29, 0.717) is 12.6 Å². The number of nitriles is 1. The van der Waals surface area contributed by atoms with Gasteiger partial charge in [-0.1, -0.05) is 6.42 Å². The van der Waals surface area contributed by atoms with Gasteiger partial charge >= 0.3 is 0 Å². The molecule has 0 spiro atoms. The van der Waals surface area contributed by atoms with Gasteiger partial charge in [0.2, 0.25) is 0 Å². The van der Waals surface area contributed by atoms with Crippen molar-refractivity contribution in [2.24, 2.45) is 0 Å². The standard InChI is InChI=1S/C16H21F2N3/c1-12-5-2-3-7-21(12)8-4-6-20-16-14(17)9-13(11-19)10-15(16)18/h9-10,12,20H,2-8H2,1H3. The quantitative estimate of drug-likeness (QED) is 0.844. The number of likely N-dealkylation sites (tertiary alicyclic amines) is 1. The van der Waals surface area contributed by atoms with Crippen LogP contribution in [-0.2, 0) is 0 Å². The molecule has 1 saturated heterocycles. The first-order valence-corrected chi connectivity index (χ1v) is 7.49. The van der Waals surface area contributed by atoms with Crippen LogP contribution in [0.1, 0.15) is 38.2 Å². The third kappa shape index (κ3) is 4.15. The van der Waals surface area contributed by atoms with Gasteiger partial charge in [-0.2, -0.15) is 5.26 Å². The lowest BCUT2D eigenvalue weighted by Gasteiger charge is -2.33. The summed E-state index contributed by atoms with van der Waals surface area (Å²) in [6.45, 7) is 4.80. The maximum absolute atomic E-state index is 13.7. The topological polar surface area (TPSA) is 39.1 Å². The first-order valence-electron chi connectivity index (χ1n) is 7.49. The Hall–Kier alpha value is -1.67. The SMILES string of the molecule is CC1CCCCN1CCCNc1c(F)cc(C#N)cc1F. The molecule has 0 aromatic heterocycles. The van der Waals surface area contributed by atoms with Crippen molar-refractivity contribution in [3.8, 4) is 6.07 Å². The summed E-state index contributed by atoms with van der Waals surface area (Å²) in [5.41, 5.74) is -0.140. The second-order valence-electron chi connectivity index (χ2n) is 5.59. The van der Waals surface area contributed by atoms with Crippen LogP contribution in [0.25, 0.3) is 0 Å². The number of hydrogen-bond donors (Lipinski definition) is 1. The summed E-state index contributed by atoms with van der Waals surface area (Å²) in [6, 6.07) is 4.44. The smallest absolute Gasteiger partial charge is 0.150 e. The molecule has 114 valence electrons. The fourth-order valence-electron chi connectivity index (χ4n) is 2.79. The van der Waals surface area contributed by atoms with Crippen LogP contribution in [0.3, 0.4) is 0 Å². The molecule has 1 fully saturated rings. The van der Waals surface area contributed by atoms with E-state index in [-0.39, 0.29) is 11.3 Å².